The van der Waals surface area contributed by atoms with Crippen LogP contribution in [0.15, 0.2) is 36.9 Å². The number of aromatic nitrogens is 3. The molecule has 3 rings (SSSR count). The minimum Gasteiger partial charge on any atom is -0.376 e. The fourth-order valence-electron chi connectivity index (χ4n) is 2.42. The average Bonchev–Trinajstić information content (AvgIpc) is 2.96. The predicted octanol–water partition coefficient (Wildman–Crippen LogP) is 3.66. The summed E-state index contributed by atoms with van der Waals surface area (Å²) in [5.41, 5.74) is 2.52. The number of rotatable bonds is 4. The van der Waals surface area contributed by atoms with E-state index in [1.165, 1.54) is 12.3 Å². The first-order chi connectivity index (χ1) is 11.3. The summed E-state index contributed by atoms with van der Waals surface area (Å²) in [5, 5.41) is 11.5. The molecule has 24 heavy (non-hydrogen) atoms. The largest absolute Gasteiger partial charge is 0.405 e. The summed E-state index contributed by atoms with van der Waals surface area (Å²) in [6.07, 6.45) is 1.94. The van der Waals surface area contributed by atoms with Gasteiger partial charge in [-0.1, -0.05) is 0 Å². The lowest BCUT2D eigenvalue weighted by Gasteiger charge is -2.14. The Hall–Kier alpha value is -2.90. The highest BCUT2D eigenvalue weighted by Gasteiger charge is 2.27. The summed E-state index contributed by atoms with van der Waals surface area (Å²) in [6.45, 7) is 0.508. The lowest BCUT2D eigenvalue weighted by atomic mass is 10.0. The number of halogens is 3. The van der Waals surface area contributed by atoms with Crippen LogP contribution in [0, 0.1) is 12.3 Å². The standard InChI is InChI=1S/C16H14F3N5/c1-9-4-14(24-8-16(17,18)19)12(7-22-9)15(20)11-6-23-13-2-3-21-5-10(11)13/h2-7,20,23H,8H2,1H3,(H,22,24). The topological polar surface area (TPSA) is 77.5 Å². The van der Waals surface area contributed by atoms with E-state index in [9.17, 15) is 13.2 Å². The molecule has 0 aliphatic rings. The van der Waals surface area contributed by atoms with E-state index >= 15 is 0 Å². The second-order valence-corrected chi connectivity index (χ2v) is 5.34. The fraction of sp³-hybridized carbons (Fsp3) is 0.188. The number of aromatic amines is 1. The van der Waals surface area contributed by atoms with Gasteiger partial charge in [-0.25, -0.2) is 0 Å². The zero-order valence-electron chi connectivity index (χ0n) is 12.7. The summed E-state index contributed by atoms with van der Waals surface area (Å²) in [7, 11) is 0. The van der Waals surface area contributed by atoms with Crippen molar-refractivity contribution >= 4 is 22.3 Å². The second kappa shape index (κ2) is 5.95. The molecule has 3 heterocycles. The third-order valence-electron chi connectivity index (χ3n) is 3.54. The van der Waals surface area contributed by atoms with Gasteiger partial charge >= 0.3 is 6.18 Å². The van der Waals surface area contributed by atoms with Gasteiger partial charge in [-0.2, -0.15) is 13.2 Å². The van der Waals surface area contributed by atoms with E-state index in [2.05, 4.69) is 20.3 Å². The van der Waals surface area contributed by atoms with Crippen molar-refractivity contribution < 1.29 is 13.2 Å². The average molecular weight is 333 g/mol. The van der Waals surface area contributed by atoms with Crippen LogP contribution in [-0.2, 0) is 0 Å². The molecule has 0 amide bonds. The smallest absolute Gasteiger partial charge is 0.376 e. The summed E-state index contributed by atoms with van der Waals surface area (Å²) in [6, 6.07) is 3.27. The Morgan fingerprint density at radius 3 is 2.83 bits per heavy atom. The molecule has 0 radical (unpaired) electrons. The number of aryl methyl sites for hydroxylation is 1. The fourth-order valence-corrected chi connectivity index (χ4v) is 2.42. The molecule has 0 atom stereocenters. The van der Waals surface area contributed by atoms with Crippen LogP contribution in [0.5, 0.6) is 0 Å². The van der Waals surface area contributed by atoms with Crippen LogP contribution in [0.4, 0.5) is 18.9 Å². The zero-order valence-corrected chi connectivity index (χ0v) is 12.7. The highest BCUT2D eigenvalue weighted by atomic mass is 19.4. The normalized spacial score (nSPS) is 11.7. The molecule has 0 spiro atoms. The Bertz CT molecular complexity index is 898. The van der Waals surface area contributed by atoms with Gasteiger partial charge in [-0.15, -0.1) is 0 Å². The zero-order chi connectivity index (χ0) is 17.3. The molecule has 3 N–H and O–H groups in total. The third kappa shape index (κ3) is 3.22. The SMILES string of the molecule is Cc1cc(NCC(F)(F)F)c(C(=N)c2c[nH]c3ccncc23)cn1. The van der Waals surface area contributed by atoms with E-state index in [1.54, 1.807) is 31.6 Å². The molecule has 0 aliphatic heterocycles. The molecule has 0 bridgehead atoms. The van der Waals surface area contributed by atoms with Gasteiger partial charge in [-0.3, -0.25) is 15.4 Å². The van der Waals surface area contributed by atoms with E-state index in [0.29, 0.717) is 16.8 Å². The number of nitrogens with zero attached hydrogens (tertiary/aromatic N) is 2. The molecule has 0 fully saturated rings. The second-order valence-electron chi connectivity index (χ2n) is 5.34. The van der Waals surface area contributed by atoms with Gasteiger partial charge in [-0.05, 0) is 19.1 Å². The highest BCUT2D eigenvalue weighted by Crippen LogP contribution is 2.25. The van der Waals surface area contributed by atoms with Crippen LogP contribution < -0.4 is 5.32 Å². The van der Waals surface area contributed by atoms with Crippen molar-refractivity contribution in [3.05, 3.63) is 53.7 Å². The molecule has 0 saturated heterocycles. The van der Waals surface area contributed by atoms with Crippen LogP contribution in [0.2, 0.25) is 0 Å². The van der Waals surface area contributed by atoms with E-state index in [1.807, 2.05) is 0 Å². The predicted molar refractivity (Wildman–Crippen MR) is 85.5 cm³/mol. The number of H-pyrrole nitrogens is 1. The van der Waals surface area contributed by atoms with Crippen LogP contribution in [0.3, 0.4) is 0 Å². The van der Waals surface area contributed by atoms with Crippen LogP contribution >= 0.6 is 0 Å². The summed E-state index contributed by atoms with van der Waals surface area (Å²) >= 11 is 0. The minimum absolute atomic E-state index is 0.0754. The van der Waals surface area contributed by atoms with E-state index in [4.69, 9.17) is 5.41 Å². The van der Waals surface area contributed by atoms with Gasteiger partial charge in [0.05, 0.1) is 5.71 Å². The minimum atomic E-state index is -4.35. The molecule has 0 unspecified atom stereocenters. The van der Waals surface area contributed by atoms with Crippen molar-refractivity contribution in [3.63, 3.8) is 0 Å². The number of alkyl halides is 3. The lowest BCUT2D eigenvalue weighted by Crippen LogP contribution is -2.22. The highest BCUT2D eigenvalue weighted by molar-refractivity contribution is 6.19. The summed E-state index contributed by atoms with van der Waals surface area (Å²) in [5.74, 6) is 0. The van der Waals surface area contributed by atoms with Gasteiger partial charge < -0.3 is 10.3 Å². The van der Waals surface area contributed by atoms with E-state index in [0.717, 1.165) is 10.9 Å². The molecular weight excluding hydrogens is 319 g/mol. The number of pyridine rings is 2. The van der Waals surface area contributed by atoms with Gasteiger partial charge in [0, 0.05) is 58.2 Å². The summed E-state index contributed by atoms with van der Waals surface area (Å²) < 4.78 is 37.5. The molecule has 124 valence electrons. The number of anilines is 1. The molecular formula is C16H14F3N5. The molecule has 0 aromatic carbocycles. The number of fused-ring (bicyclic) bond motifs is 1. The Morgan fingerprint density at radius 2 is 2.08 bits per heavy atom. The Kier molecular flexibility index (Phi) is 3.96. The molecule has 8 heteroatoms. The van der Waals surface area contributed by atoms with Crippen LogP contribution in [0.25, 0.3) is 10.9 Å². The first-order valence-corrected chi connectivity index (χ1v) is 7.13. The number of hydrogen-bond acceptors (Lipinski definition) is 4. The van der Waals surface area contributed by atoms with Crippen molar-refractivity contribution in [2.45, 2.75) is 13.1 Å². The number of nitrogens with one attached hydrogen (secondary N) is 3. The molecule has 0 aliphatic carbocycles. The lowest BCUT2D eigenvalue weighted by molar-refractivity contribution is -0.115. The molecule has 0 saturated carbocycles. The van der Waals surface area contributed by atoms with Crippen molar-refractivity contribution in [1.82, 2.24) is 15.0 Å². The van der Waals surface area contributed by atoms with E-state index in [-0.39, 0.29) is 11.4 Å². The number of hydrogen-bond donors (Lipinski definition) is 3. The maximum Gasteiger partial charge on any atom is 0.405 e. The Labute approximate surface area is 135 Å². The van der Waals surface area contributed by atoms with Crippen LogP contribution in [0.1, 0.15) is 16.8 Å². The van der Waals surface area contributed by atoms with Gasteiger partial charge in [0.25, 0.3) is 0 Å². The Morgan fingerprint density at radius 1 is 1.29 bits per heavy atom. The van der Waals surface area contributed by atoms with Crippen LogP contribution in [-0.4, -0.2) is 33.4 Å². The van der Waals surface area contributed by atoms with Crippen molar-refractivity contribution in [1.29, 1.82) is 5.41 Å². The van der Waals surface area contributed by atoms with E-state index < -0.39 is 12.7 Å². The molecule has 5 nitrogen and oxygen atoms in total. The first-order valence-electron chi connectivity index (χ1n) is 7.13. The molecule has 3 aromatic heterocycles. The third-order valence-corrected chi connectivity index (χ3v) is 3.54. The Balaban J connectivity index is 2.00. The monoisotopic (exact) mass is 333 g/mol. The maximum atomic E-state index is 12.5. The first kappa shape index (κ1) is 16.0. The van der Waals surface area contributed by atoms with Crippen molar-refractivity contribution in [2.24, 2.45) is 0 Å². The van der Waals surface area contributed by atoms with Crippen molar-refractivity contribution in [2.75, 3.05) is 11.9 Å². The maximum absolute atomic E-state index is 12.5. The molecule has 3 aromatic rings. The summed E-state index contributed by atoms with van der Waals surface area (Å²) in [4.78, 5) is 11.2. The van der Waals surface area contributed by atoms with Gasteiger partial charge in [0.2, 0.25) is 0 Å². The quantitative estimate of drug-likeness (QED) is 0.638. The van der Waals surface area contributed by atoms with Crippen molar-refractivity contribution in [3.8, 4) is 0 Å². The van der Waals surface area contributed by atoms with Gasteiger partial charge in [0.15, 0.2) is 0 Å². The van der Waals surface area contributed by atoms with Gasteiger partial charge in [0.1, 0.15) is 6.54 Å².